The quantitative estimate of drug-likeness (QED) is 0.548. The average Bonchev–Trinajstić information content (AvgIpc) is 2.89. The molecule has 7 nitrogen and oxygen atoms in total. The van der Waals surface area contributed by atoms with Crippen molar-refractivity contribution in [2.24, 2.45) is 5.92 Å². The number of aromatic nitrogens is 1. The Balaban J connectivity index is 1.85. The minimum Gasteiger partial charge on any atom is -0.502 e. The normalized spacial score (nSPS) is 20.3. The standard InChI is InChI=1S/C27H25F2N3O4/c1-16(2)20-9-6-14-36-26-18(10-11-19(28)22(26)29)23(17-7-4-3-5-8-17)32-15-30(20)27(35)24-25(34)21(33)12-13-31(24)32/h3-13,16,20,23,34H,14-15H2,1-2H3/b9-6+/t20-,23+/m1/s1. The van der Waals surface area contributed by atoms with Gasteiger partial charge in [0.15, 0.2) is 23.0 Å². The fourth-order valence-electron chi connectivity index (χ4n) is 4.86. The molecular formula is C27H25F2N3O4. The van der Waals surface area contributed by atoms with Crippen molar-refractivity contribution in [2.45, 2.75) is 25.9 Å². The molecule has 0 spiro atoms. The Morgan fingerprint density at radius 1 is 1.06 bits per heavy atom. The average molecular weight is 494 g/mol. The summed E-state index contributed by atoms with van der Waals surface area (Å²) in [4.78, 5) is 27.6. The summed E-state index contributed by atoms with van der Waals surface area (Å²) in [6.45, 7) is 3.88. The molecule has 186 valence electrons. The van der Waals surface area contributed by atoms with E-state index in [-0.39, 0.29) is 30.6 Å². The summed E-state index contributed by atoms with van der Waals surface area (Å²) in [6, 6.07) is 11.6. The van der Waals surface area contributed by atoms with Gasteiger partial charge in [-0.2, -0.15) is 4.39 Å². The maximum atomic E-state index is 15.1. The number of halogens is 2. The topological polar surface area (TPSA) is 75.0 Å². The first-order chi connectivity index (χ1) is 17.3. The number of fused-ring (bicyclic) bond motifs is 5. The largest absolute Gasteiger partial charge is 0.502 e. The third-order valence-corrected chi connectivity index (χ3v) is 6.58. The zero-order chi connectivity index (χ0) is 25.6. The number of amides is 1. The maximum Gasteiger partial charge on any atom is 0.278 e. The van der Waals surface area contributed by atoms with E-state index < -0.39 is 40.8 Å². The third kappa shape index (κ3) is 3.80. The second kappa shape index (κ2) is 9.14. The summed E-state index contributed by atoms with van der Waals surface area (Å²) in [5, 5.41) is 12.4. The van der Waals surface area contributed by atoms with Gasteiger partial charge in [-0.25, -0.2) is 4.39 Å². The van der Waals surface area contributed by atoms with Gasteiger partial charge < -0.3 is 14.7 Å². The highest BCUT2D eigenvalue weighted by atomic mass is 19.2. The zero-order valence-electron chi connectivity index (χ0n) is 19.8. The molecule has 2 aromatic carbocycles. The van der Waals surface area contributed by atoms with Crippen LogP contribution in [0.15, 0.2) is 71.7 Å². The van der Waals surface area contributed by atoms with E-state index in [2.05, 4.69) is 0 Å². The Labute approximate surface area is 206 Å². The Kier molecular flexibility index (Phi) is 5.99. The van der Waals surface area contributed by atoms with Crippen LogP contribution in [0.2, 0.25) is 0 Å². The second-order valence-electron chi connectivity index (χ2n) is 9.14. The molecule has 2 aliphatic rings. The van der Waals surface area contributed by atoms with Gasteiger partial charge in [0.05, 0.1) is 6.04 Å². The van der Waals surface area contributed by atoms with E-state index in [4.69, 9.17) is 4.74 Å². The van der Waals surface area contributed by atoms with Crippen molar-refractivity contribution in [3.8, 4) is 11.5 Å². The van der Waals surface area contributed by atoms with Crippen LogP contribution in [-0.4, -0.2) is 39.9 Å². The van der Waals surface area contributed by atoms with Crippen molar-refractivity contribution in [2.75, 3.05) is 18.3 Å². The van der Waals surface area contributed by atoms with Crippen molar-refractivity contribution >= 4 is 5.91 Å². The predicted octanol–water partition coefficient (Wildman–Crippen LogP) is 3.95. The first kappa shape index (κ1) is 23.6. The molecule has 5 rings (SSSR count). The lowest BCUT2D eigenvalue weighted by Gasteiger charge is -2.46. The third-order valence-electron chi connectivity index (χ3n) is 6.58. The molecule has 0 saturated heterocycles. The molecule has 0 radical (unpaired) electrons. The van der Waals surface area contributed by atoms with Crippen molar-refractivity contribution in [1.29, 1.82) is 0 Å². The first-order valence-electron chi connectivity index (χ1n) is 11.6. The molecule has 1 amide bonds. The molecule has 0 aliphatic carbocycles. The Hall–Kier alpha value is -4.14. The SMILES string of the molecule is CC(C)[C@H]1/C=C/COc2c(ccc(F)c2F)[C@H](c2ccccc2)N2CN1C(=O)c1c(O)c(=O)ccn12. The summed E-state index contributed by atoms with van der Waals surface area (Å²) < 4.78 is 36.6. The zero-order valence-corrected chi connectivity index (χ0v) is 19.8. The summed E-state index contributed by atoms with van der Waals surface area (Å²) in [5.41, 5.74) is 0.151. The van der Waals surface area contributed by atoms with Gasteiger partial charge in [0, 0.05) is 17.8 Å². The highest BCUT2D eigenvalue weighted by Gasteiger charge is 2.40. The van der Waals surface area contributed by atoms with Crippen LogP contribution < -0.4 is 15.2 Å². The molecule has 9 heteroatoms. The molecule has 3 aromatic rings. The van der Waals surface area contributed by atoms with Gasteiger partial charge in [-0.1, -0.05) is 50.3 Å². The number of ether oxygens (including phenoxy) is 1. The number of carbonyl (C=O) groups excluding carboxylic acids is 1. The summed E-state index contributed by atoms with van der Waals surface area (Å²) >= 11 is 0. The lowest BCUT2D eigenvalue weighted by atomic mass is 9.96. The van der Waals surface area contributed by atoms with Crippen LogP contribution in [0.3, 0.4) is 0 Å². The van der Waals surface area contributed by atoms with Gasteiger partial charge in [-0.05, 0) is 29.7 Å². The van der Waals surface area contributed by atoms with Crippen LogP contribution in [0.1, 0.15) is 41.5 Å². The molecular weight excluding hydrogens is 468 g/mol. The summed E-state index contributed by atoms with van der Waals surface area (Å²) in [6.07, 6.45) is 4.84. The van der Waals surface area contributed by atoms with E-state index in [1.165, 1.54) is 16.9 Å². The lowest BCUT2D eigenvalue weighted by molar-refractivity contribution is 0.0588. The van der Waals surface area contributed by atoms with Gasteiger partial charge in [-0.15, -0.1) is 0 Å². The van der Waals surface area contributed by atoms with Gasteiger partial charge >= 0.3 is 0 Å². The Bertz CT molecular complexity index is 1400. The minimum absolute atomic E-state index is 0.0383. The van der Waals surface area contributed by atoms with Crippen LogP contribution >= 0.6 is 0 Å². The van der Waals surface area contributed by atoms with Gasteiger partial charge in [0.25, 0.3) is 5.91 Å². The molecule has 0 saturated carbocycles. The van der Waals surface area contributed by atoms with Crippen molar-refractivity contribution in [3.05, 3.63) is 106 Å². The predicted molar refractivity (Wildman–Crippen MR) is 130 cm³/mol. The molecule has 3 heterocycles. The van der Waals surface area contributed by atoms with Gasteiger partial charge in [0.1, 0.15) is 19.3 Å². The van der Waals surface area contributed by atoms with Crippen molar-refractivity contribution in [3.63, 3.8) is 0 Å². The van der Waals surface area contributed by atoms with E-state index in [0.717, 1.165) is 12.1 Å². The minimum atomic E-state index is -1.12. The van der Waals surface area contributed by atoms with Gasteiger partial charge in [0.2, 0.25) is 11.2 Å². The molecule has 2 aliphatic heterocycles. The van der Waals surface area contributed by atoms with E-state index >= 15 is 4.39 Å². The molecule has 2 bridgehead atoms. The number of hydrogen-bond acceptors (Lipinski definition) is 5. The number of carbonyl (C=O) groups is 1. The number of aromatic hydroxyl groups is 1. The second-order valence-corrected chi connectivity index (χ2v) is 9.14. The van der Waals surface area contributed by atoms with E-state index in [1.807, 2.05) is 44.2 Å². The maximum absolute atomic E-state index is 15.1. The monoisotopic (exact) mass is 493 g/mol. The fourth-order valence-corrected chi connectivity index (χ4v) is 4.86. The molecule has 0 fully saturated rings. The fraction of sp³-hybridized carbons (Fsp3) is 0.259. The smallest absolute Gasteiger partial charge is 0.278 e. The Morgan fingerprint density at radius 2 is 1.81 bits per heavy atom. The Morgan fingerprint density at radius 3 is 2.53 bits per heavy atom. The molecule has 1 aromatic heterocycles. The van der Waals surface area contributed by atoms with Gasteiger partial charge in [-0.3, -0.25) is 19.3 Å². The lowest BCUT2D eigenvalue weighted by Crippen LogP contribution is -2.58. The molecule has 36 heavy (non-hydrogen) atoms. The van der Waals surface area contributed by atoms with Crippen molar-refractivity contribution < 1.29 is 23.4 Å². The molecule has 2 atom stereocenters. The van der Waals surface area contributed by atoms with Crippen LogP contribution in [0.25, 0.3) is 0 Å². The van der Waals surface area contributed by atoms with Crippen LogP contribution in [0.5, 0.6) is 11.5 Å². The highest BCUT2D eigenvalue weighted by molar-refractivity contribution is 5.96. The van der Waals surface area contributed by atoms with Crippen LogP contribution in [0.4, 0.5) is 8.78 Å². The number of rotatable bonds is 2. The van der Waals surface area contributed by atoms with E-state index in [0.29, 0.717) is 11.1 Å². The number of nitrogens with zero attached hydrogens (tertiary/aromatic N) is 3. The number of benzene rings is 2. The highest BCUT2D eigenvalue weighted by Crippen LogP contribution is 2.39. The molecule has 1 N–H and O–H groups in total. The summed E-state index contributed by atoms with van der Waals surface area (Å²) in [5.74, 6) is -3.63. The number of pyridine rings is 1. The number of hydrogen-bond donors (Lipinski definition) is 1. The van der Waals surface area contributed by atoms with Crippen LogP contribution in [-0.2, 0) is 0 Å². The van der Waals surface area contributed by atoms with Crippen LogP contribution in [0, 0.1) is 17.6 Å². The first-order valence-corrected chi connectivity index (χ1v) is 11.6. The van der Waals surface area contributed by atoms with E-state index in [9.17, 15) is 19.1 Å². The molecule has 0 unspecified atom stereocenters. The summed E-state index contributed by atoms with van der Waals surface area (Å²) in [7, 11) is 0. The van der Waals surface area contributed by atoms with E-state index in [1.54, 1.807) is 22.1 Å². The van der Waals surface area contributed by atoms with Crippen molar-refractivity contribution in [1.82, 2.24) is 9.58 Å².